The van der Waals surface area contributed by atoms with E-state index in [9.17, 15) is 4.79 Å². The van der Waals surface area contributed by atoms with Gasteiger partial charge in [-0.3, -0.25) is 4.79 Å². The minimum atomic E-state index is -0.108. The monoisotopic (exact) mass is 304 g/mol. The highest BCUT2D eigenvalue weighted by molar-refractivity contribution is 7.10. The lowest BCUT2D eigenvalue weighted by Crippen LogP contribution is -2.29. The van der Waals surface area contributed by atoms with Crippen LogP contribution >= 0.6 is 11.3 Å². The highest BCUT2D eigenvalue weighted by Crippen LogP contribution is 2.27. The van der Waals surface area contributed by atoms with Crippen LogP contribution in [-0.4, -0.2) is 19.1 Å². The van der Waals surface area contributed by atoms with Crippen LogP contribution in [0.2, 0.25) is 0 Å². The second-order valence-corrected chi connectivity index (χ2v) is 5.98. The van der Waals surface area contributed by atoms with Crippen molar-refractivity contribution < 1.29 is 9.53 Å². The first-order valence-corrected chi connectivity index (χ1v) is 7.70. The summed E-state index contributed by atoms with van der Waals surface area (Å²) < 4.78 is 5.15. The molecule has 0 radical (unpaired) electrons. The third kappa shape index (κ3) is 4.58. The minimum Gasteiger partial charge on any atom is -0.497 e. The molecule has 1 unspecified atom stereocenters. The van der Waals surface area contributed by atoms with Crippen molar-refractivity contribution in [1.29, 1.82) is 0 Å². The maximum atomic E-state index is 11.6. The largest absolute Gasteiger partial charge is 0.497 e. The Labute approximate surface area is 128 Å². The Morgan fingerprint density at radius 2 is 2.05 bits per heavy atom. The van der Waals surface area contributed by atoms with Gasteiger partial charge in [-0.15, -0.1) is 11.3 Å². The number of carbonyl (C=O) groups is 1. The lowest BCUT2D eigenvalue weighted by atomic mass is 10.1. The van der Waals surface area contributed by atoms with Gasteiger partial charge in [0.05, 0.1) is 13.7 Å². The molecule has 1 heterocycles. The second-order valence-electron chi connectivity index (χ2n) is 4.99. The van der Waals surface area contributed by atoms with E-state index in [1.807, 2.05) is 31.2 Å². The Bertz CT molecular complexity index is 591. The van der Waals surface area contributed by atoms with Crippen LogP contribution in [0, 0.1) is 0 Å². The Morgan fingerprint density at radius 3 is 2.67 bits per heavy atom. The number of nitrogens with one attached hydrogen (secondary N) is 1. The number of hydrogen-bond donors (Lipinski definition) is 2. The van der Waals surface area contributed by atoms with Gasteiger partial charge >= 0.3 is 0 Å². The molecular weight excluding hydrogens is 284 g/mol. The Kier molecular flexibility index (Phi) is 5.36. The zero-order chi connectivity index (χ0) is 15.2. The SMILES string of the molecule is COc1ccc(-c2csc(CNC(=O)CC(C)N)c2)cc1. The third-order valence-electron chi connectivity index (χ3n) is 3.04. The Hall–Kier alpha value is -1.85. The molecular formula is C16H20N2O2S. The van der Waals surface area contributed by atoms with Crippen LogP contribution in [0.25, 0.3) is 11.1 Å². The number of benzene rings is 1. The number of rotatable bonds is 6. The van der Waals surface area contributed by atoms with Crippen molar-refractivity contribution in [3.05, 3.63) is 40.6 Å². The van der Waals surface area contributed by atoms with E-state index in [1.165, 1.54) is 0 Å². The maximum Gasteiger partial charge on any atom is 0.221 e. The Morgan fingerprint density at radius 1 is 1.33 bits per heavy atom. The summed E-state index contributed by atoms with van der Waals surface area (Å²) >= 11 is 1.64. The number of carbonyl (C=O) groups excluding carboxylic acids is 1. The van der Waals surface area contributed by atoms with Crippen molar-refractivity contribution in [3.63, 3.8) is 0 Å². The van der Waals surface area contributed by atoms with Crippen LogP contribution in [0.1, 0.15) is 18.2 Å². The van der Waals surface area contributed by atoms with Gasteiger partial charge in [0.1, 0.15) is 5.75 Å². The summed E-state index contributed by atoms with van der Waals surface area (Å²) in [6.45, 7) is 2.37. The molecule has 2 aromatic rings. The molecule has 5 heteroatoms. The van der Waals surface area contributed by atoms with E-state index >= 15 is 0 Å². The van der Waals surface area contributed by atoms with Gasteiger partial charge in [0.15, 0.2) is 0 Å². The van der Waals surface area contributed by atoms with Crippen LogP contribution in [-0.2, 0) is 11.3 Å². The number of ether oxygens (including phenoxy) is 1. The van der Waals surface area contributed by atoms with E-state index in [0.29, 0.717) is 13.0 Å². The van der Waals surface area contributed by atoms with E-state index in [-0.39, 0.29) is 11.9 Å². The third-order valence-corrected chi connectivity index (χ3v) is 3.98. The van der Waals surface area contributed by atoms with Crippen LogP contribution < -0.4 is 15.8 Å². The number of thiophene rings is 1. The molecule has 1 atom stereocenters. The lowest BCUT2D eigenvalue weighted by molar-refractivity contribution is -0.121. The van der Waals surface area contributed by atoms with Gasteiger partial charge in [-0.05, 0) is 41.6 Å². The predicted molar refractivity (Wildman–Crippen MR) is 86.4 cm³/mol. The van der Waals surface area contributed by atoms with Gasteiger partial charge in [-0.1, -0.05) is 12.1 Å². The van der Waals surface area contributed by atoms with E-state index in [2.05, 4.69) is 16.8 Å². The average Bonchev–Trinajstić information content (AvgIpc) is 2.93. The van der Waals surface area contributed by atoms with Gasteiger partial charge in [0.2, 0.25) is 5.91 Å². The van der Waals surface area contributed by atoms with Crippen molar-refractivity contribution in [2.45, 2.75) is 25.9 Å². The molecule has 0 aliphatic rings. The predicted octanol–water partition coefficient (Wildman–Crippen LogP) is 2.78. The molecule has 21 heavy (non-hydrogen) atoms. The molecule has 3 N–H and O–H groups in total. The average molecular weight is 304 g/mol. The van der Waals surface area contributed by atoms with E-state index in [1.54, 1.807) is 18.4 Å². The van der Waals surface area contributed by atoms with Crippen LogP contribution in [0.3, 0.4) is 0 Å². The summed E-state index contributed by atoms with van der Waals surface area (Å²) in [5, 5.41) is 4.98. The van der Waals surface area contributed by atoms with Crippen molar-refractivity contribution in [3.8, 4) is 16.9 Å². The highest BCUT2D eigenvalue weighted by atomic mass is 32.1. The summed E-state index contributed by atoms with van der Waals surface area (Å²) in [4.78, 5) is 12.7. The summed E-state index contributed by atoms with van der Waals surface area (Å²) in [5.41, 5.74) is 7.89. The molecule has 1 aromatic carbocycles. The van der Waals surface area contributed by atoms with Gasteiger partial charge in [-0.25, -0.2) is 0 Å². The summed E-state index contributed by atoms with van der Waals surface area (Å²) in [6, 6.07) is 9.93. The first-order chi connectivity index (χ1) is 10.1. The van der Waals surface area contributed by atoms with Crippen LogP contribution in [0.4, 0.5) is 0 Å². The number of methoxy groups -OCH3 is 1. The zero-order valence-electron chi connectivity index (χ0n) is 12.3. The summed E-state index contributed by atoms with van der Waals surface area (Å²) in [7, 11) is 1.66. The maximum absolute atomic E-state index is 11.6. The number of amides is 1. The molecule has 0 aliphatic carbocycles. The lowest BCUT2D eigenvalue weighted by Gasteiger charge is -2.05. The van der Waals surface area contributed by atoms with E-state index in [4.69, 9.17) is 10.5 Å². The molecule has 0 saturated carbocycles. The summed E-state index contributed by atoms with van der Waals surface area (Å²) in [6.07, 6.45) is 0.358. The van der Waals surface area contributed by atoms with Crippen molar-refractivity contribution in [2.24, 2.45) is 5.73 Å². The quantitative estimate of drug-likeness (QED) is 0.862. The van der Waals surface area contributed by atoms with Crippen molar-refractivity contribution in [2.75, 3.05) is 7.11 Å². The molecule has 4 nitrogen and oxygen atoms in total. The normalized spacial score (nSPS) is 12.0. The van der Waals surface area contributed by atoms with E-state index in [0.717, 1.165) is 21.8 Å². The fraction of sp³-hybridized carbons (Fsp3) is 0.312. The standard InChI is InChI=1S/C16H20N2O2S/c1-11(17)7-16(19)18-9-15-8-13(10-21-15)12-3-5-14(20-2)6-4-12/h3-6,8,10-11H,7,9,17H2,1-2H3,(H,18,19). The first-order valence-electron chi connectivity index (χ1n) is 6.82. The smallest absolute Gasteiger partial charge is 0.221 e. The number of hydrogen-bond acceptors (Lipinski definition) is 4. The molecule has 0 bridgehead atoms. The minimum absolute atomic E-state index is 0.00982. The highest BCUT2D eigenvalue weighted by Gasteiger charge is 2.07. The second kappa shape index (κ2) is 7.24. The summed E-state index contributed by atoms with van der Waals surface area (Å²) in [5.74, 6) is 0.835. The molecule has 2 rings (SSSR count). The molecule has 1 amide bonds. The zero-order valence-corrected chi connectivity index (χ0v) is 13.1. The first kappa shape index (κ1) is 15.5. The molecule has 0 saturated heterocycles. The molecule has 0 aliphatic heterocycles. The van der Waals surface area contributed by atoms with Crippen molar-refractivity contribution >= 4 is 17.2 Å². The van der Waals surface area contributed by atoms with Gasteiger partial charge in [-0.2, -0.15) is 0 Å². The van der Waals surface area contributed by atoms with Gasteiger partial charge in [0, 0.05) is 17.3 Å². The van der Waals surface area contributed by atoms with E-state index < -0.39 is 0 Å². The number of nitrogens with two attached hydrogens (primary N) is 1. The molecule has 112 valence electrons. The van der Waals surface area contributed by atoms with Crippen LogP contribution in [0.5, 0.6) is 5.75 Å². The topological polar surface area (TPSA) is 64.3 Å². The van der Waals surface area contributed by atoms with Gasteiger partial charge < -0.3 is 15.8 Å². The fourth-order valence-corrected chi connectivity index (χ4v) is 2.79. The molecule has 1 aromatic heterocycles. The molecule has 0 fully saturated rings. The fourth-order valence-electron chi connectivity index (χ4n) is 1.96. The Balaban J connectivity index is 1.96. The van der Waals surface area contributed by atoms with Gasteiger partial charge in [0.25, 0.3) is 0 Å². The molecule has 0 spiro atoms. The van der Waals surface area contributed by atoms with Crippen molar-refractivity contribution in [1.82, 2.24) is 5.32 Å². The van der Waals surface area contributed by atoms with Crippen LogP contribution in [0.15, 0.2) is 35.7 Å².